The van der Waals surface area contributed by atoms with Gasteiger partial charge in [-0.1, -0.05) is 18.2 Å². The lowest BCUT2D eigenvalue weighted by molar-refractivity contribution is -0.384. The third-order valence-electron chi connectivity index (χ3n) is 3.68. The highest BCUT2D eigenvalue weighted by Crippen LogP contribution is 2.27. The number of para-hydroxylation sites is 1. The largest absolute Gasteiger partial charge is 0.379 e. The fourth-order valence-electron chi connectivity index (χ4n) is 2.34. The molecule has 0 aliphatic rings. The molecule has 0 atom stereocenters. The van der Waals surface area contributed by atoms with Crippen LogP contribution in [-0.2, 0) is 10.0 Å². The molecule has 0 spiro atoms. The van der Waals surface area contributed by atoms with Gasteiger partial charge in [0, 0.05) is 31.9 Å². The minimum absolute atomic E-state index is 0.264. The lowest BCUT2D eigenvalue weighted by Gasteiger charge is -2.19. The van der Waals surface area contributed by atoms with E-state index in [1.54, 1.807) is 0 Å². The van der Waals surface area contributed by atoms with Crippen molar-refractivity contribution in [3.05, 3.63) is 58.6 Å². The molecule has 0 fully saturated rings. The van der Waals surface area contributed by atoms with Gasteiger partial charge < -0.3 is 10.2 Å². The van der Waals surface area contributed by atoms with Gasteiger partial charge in [0.15, 0.2) is 0 Å². The summed E-state index contributed by atoms with van der Waals surface area (Å²) in [5.41, 5.74) is 1.04. The number of benzene rings is 2. The maximum absolute atomic E-state index is 11.3. The molecule has 25 heavy (non-hydrogen) atoms. The molecule has 134 valence electrons. The zero-order valence-corrected chi connectivity index (χ0v) is 14.6. The zero-order chi connectivity index (χ0) is 18.4. The topological polar surface area (TPSA) is 119 Å². The number of rotatable bonds is 8. The number of anilines is 2. The van der Waals surface area contributed by atoms with Crippen molar-refractivity contribution in [3.63, 3.8) is 0 Å². The van der Waals surface area contributed by atoms with E-state index < -0.39 is 14.9 Å². The Bertz CT molecular complexity index is 840. The summed E-state index contributed by atoms with van der Waals surface area (Å²) in [7, 11) is -2.01. The molecule has 0 radical (unpaired) electrons. The number of nitro benzene ring substituents is 1. The molecule has 0 saturated heterocycles. The smallest absolute Gasteiger partial charge is 0.293 e. The SMILES string of the molecule is CN(CCCNc1ccc(S(N)(=O)=O)cc1[N+](=O)[O-])c1ccccc1. The van der Waals surface area contributed by atoms with Crippen LogP contribution in [0.15, 0.2) is 53.4 Å². The number of nitrogens with two attached hydrogens (primary N) is 1. The van der Waals surface area contributed by atoms with Crippen molar-refractivity contribution >= 4 is 27.1 Å². The van der Waals surface area contributed by atoms with E-state index in [0.29, 0.717) is 6.54 Å². The number of nitrogens with one attached hydrogen (secondary N) is 1. The molecule has 0 unspecified atom stereocenters. The predicted molar refractivity (Wildman–Crippen MR) is 97.3 cm³/mol. The van der Waals surface area contributed by atoms with Crippen LogP contribution < -0.4 is 15.4 Å². The van der Waals surface area contributed by atoms with Gasteiger partial charge in [0.2, 0.25) is 10.0 Å². The van der Waals surface area contributed by atoms with Crippen LogP contribution >= 0.6 is 0 Å². The molecule has 0 heterocycles. The van der Waals surface area contributed by atoms with Gasteiger partial charge in [0.1, 0.15) is 5.69 Å². The molecule has 2 aromatic carbocycles. The number of primary sulfonamides is 1. The van der Waals surface area contributed by atoms with Crippen molar-refractivity contribution in [2.45, 2.75) is 11.3 Å². The minimum Gasteiger partial charge on any atom is -0.379 e. The first-order valence-electron chi connectivity index (χ1n) is 7.60. The summed E-state index contributed by atoms with van der Waals surface area (Å²) in [6.07, 6.45) is 0.749. The van der Waals surface area contributed by atoms with E-state index in [-0.39, 0.29) is 16.3 Å². The summed E-state index contributed by atoms with van der Waals surface area (Å²) in [6, 6.07) is 13.5. The molecular weight excluding hydrogens is 344 g/mol. The second-order valence-electron chi connectivity index (χ2n) is 5.52. The van der Waals surface area contributed by atoms with Gasteiger partial charge in [-0.2, -0.15) is 0 Å². The van der Waals surface area contributed by atoms with Crippen LogP contribution in [0.2, 0.25) is 0 Å². The fourth-order valence-corrected chi connectivity index (χ4v) is 2.87. The third-order valence-corrected chi connectivity index (χ3v) is 4.59. The average molecular weight is 364 g/mol. The number of nitrogens with zero attached hydrogens (tertiary/aromatic N) is 2. The fraction of sp³-hybridized carbons (Fsp3) is 0.250. The van der Waals surface area contributed by atoms with Crippen LogP contribution in [0.25, 0.3) is 0 Å². The van der Waals surface area contributed by atoms with Gasteiger partial charge in [-0.3, -0.25) is 10.1 Å². The van der Waals surface area contributed by atoms with Crippen LogP contribution in [0.1, 0.15) is 6.42 Å². The van der Waals surface area contributed by atoms with E-state index in [0.717, 1.165) is 24.7 Å². The Hall–Kier alpha value is -2.65. The zero-order valence-electron chi connectivity index (χ0n) is 13.8. The van der Waals surface area contributed by atoms with E-state index >= 15 is 0 Å². The molecule has 2 rings (SSSR count). The Morgan fingerprint density at radius 1 is 1.20 bits per heavy atom. The minimum atomic E-state index is -3.98. The molecule has 9 heteroatoms. The molecule has 0 amide bonds. The number of sulfonamides is 1. The van der Waals surface area contributed by atoms with Gasteiger partial charge in [0.05, 0.1) is 9.82 Å². The van der Waals surface area contributed by atoms with Crippen LogP contribution in [-0.4, -0.2) is 33.5 Å². The molecule has 0 aromatic heterocycles. The van der Waals surface area contributed by atoms with Crippen molar-refractivity contribution < 1.29 is 13.3 Å². The highest BCUT2D eigenvalue weighted by atomic mass is 32.2. The Balaban J connectivity index is 1.97. The number of hydrogen-bond donors (Lipinski definition) is 2. The Labute approximate surface area is 146 Å². The standard InChI is InChI=1S/C16H20N4O4S/c1-19(13-6-3-2-4-7-13)11-5-10-18-15-9-8-14(25(17,23)24)12-16(15)20(21)22/h2-4,6-9,12,18H,5,10-11H2,1H3,(H2,17,23,24). The molecule has 0 aliphatic heterocycles. The molecule has 2 aromatic rings. The lowest BCUT2D eigenvalue weighted by atomic mass is 10.2. The summed E-state index contributed by atoms with van der Waals surface area (Å²) in [5, 5.41) is 19.1. The van der Waals surface area contributed by atoms with E-state index in [1.165, 1.54) is 12.1 Å². The van der Waals surface area contributed by atoms with Crippen molar-refractivity contribution in [1.29, 1.82) is 0 Å². The van der Waals surface area contributed by atoms with Crippen molar-refractivity contribution in [3.8, 4) is 0 Å². The highest BCUT2D eigenvalue weighted by Gasteiger charge is 2.18. The van der Waals surface area contributed by atoms with E-state index in [2.05, 4.69) is 10.2 Å². The summed E-state index contributed by atoms with van der Waals surface area (Å²) in [5.74, 6) is 0. The molecule has 8 nitrogen and oxygen atoms in total. The average Bonchev–Trinajstić information content (AvgIpc) is 2.58. The monoisotopic (exact) mass is 364 g/mol. The quantitative estimate of drug-likeness (QED) is 0.421. The van der Waals surface area contributed by atoms with Crippen LogP contribution in [0.5, 0.6) is 0 Å². The number of nitro groups is 1. The second kappa shape index (κ2) is 7.95. The van der Waals surface area contributed by atoms with E-state index in [1.807, 2.05) is 37.4 Å². The Morgan fingerprint density at radius 2 is 1.88 bits per heavy atom. The Kier molecular flexibility index (Phi) is 5.94. The summed E-state index contributed by atoms with van der Waals surface area (Å²) in [6.45, 7) is 1.27. The first-order valence-corrected chi connectivity index (χ1v) is 9.15. The lowest BCUT2D eigenvalue weighted by Crippen LogP contribution is -2.20. The summed E-state index contributed by atoms with van der Waals surface area (Å²) >= 11 is 0. The molecule has 0 aliphatic carbocycles. The first-order chi connectivity index (χ1) is 11.8. The molecular formula is C16H20N4O4S. The van der Waals surface area contributed by atoms with E-state index in [9.17, 15) is 18.5 Å². The van der Waals surface area contributed by atoms with Gasteiger partial charge in [-0.05, 0) is 30.7 Å². The van der Waals surface area contributed by atoms with Crippen molar-refractivity contribution in [1.82, 2.24) is 0 Å². The van der Waals surface area contributed by atoms with Crippen LogP contribution in [0.4, 0.5) is 17.1 Å². The maximum Gasteiger partial charge on any atom is 0.293 e. The normalized spacial score (nSPS) is 11.1. The van der Waals surface area contributed by atoms with Crippen LogP contribution in [0, 0.1) is 10.1 Å². The predicted octanol–water partition coefficient (Wildman–Crippen LogP) is 2.18. The summed E-state index contributed by atoms with van der Waals surface area (Å²) < 4.78 is 22.6. The molecule has 0 saturated carbocycles. The van der Waals surface area contributed by atoms with Crippen LogP contribution in [0.3, 0.4) is 0 Å². The summed E-state index contributed by atoms with van der Waals surface area (Å²) in [4.78, 5) is 12.3. The van der Waals surface area contributed by atoms with Crippen molar-refractivity contribution in [2.75, 3.05) is 30.4 Å². The van der Waals surface area contributed by atoms with E-state index in [4.69, 9.17) is 5.14 Å². The van der Waals surface area contributed by atoms with Gasteiger partial charge in [-0.15, -0.1) is 0 Å². The third kappa shape index (κ3) is 5.16. The number of hydrogen-bond acceptors (Lipinski definition) is 6. The Morgan fingerprint density at radius 3 is 2.48 bits per heavy atom. The second-order valence-corrected chi connectivity index (χ2v) is 7.08. The van der Waals surface area contributed by atoms with Crippen molar-refractivity contribution in [2.24, 2.45) is 5.14 Å². The highest BCUT2D eigenvalue weighted by molar-refractivity contribution is 7.89. The maximum atomic E-state index is 11.3. The van der Waals surface area contributed by atoms with Gasteiger partial charge >= 0.3 is 0 Å². The van der Waals surface area contributed by atoms with Gasteiger partial charge in [-0.25, -0.2) is 13.6 Å². The molecule has 3 N–H and O–H groups in total. The first kappa shape index (κ1) is 18.7. The molecule has 0 bridgehead atoms. The van der Waals surface area contributed by atoms with Gasteiger partial charge in [0.25, 0.3) is 5.69 Å².